The Hall–Kier alpha value is -3.19. The average Bonchev–Trinajstić information content (AvgIpc) is 2.61. The van der Waals surface area contributed by atoms with Gasteiger partial charge in [-0.25, -0.2) is 8.42 Å². The van der Waals surface area contributed by atoms with Crippen molar-refractivity contribution in [3.63, 3.8) is 0 Å². The van der Waals surface area contributed by atoms with Crippen molar-refractivity contribution >= 4 is 27.3 Å². The van der Waals surface area contributed by atoms with Gasteiger partial charge < -0.3 is 5.32 Å². The zero-order chi connectivity index (χ0) is 20.3. The van der Waals surface area contributed by atoms with Gasteiger partial charge in [0.25, 0.3) is 15.9 Å². The fraction of sp³-hybridized carbons (Fsp3) is 0.143. The van der Waals surface area contributed by atoms with Crippen molar-refractivity contribution in [1.82, 2.24) is 4.98 Å². The Morgan fingerprint density at radius 1 is 0.929 bits per heavy atom. The van der Waals surface area contributed by atoms with Crippen molar-refractivity contribution in [2.75, 3.05) is 10.0 Å². The molecule has 0 fully saturated rings. The van der Waals surface area contributed by atoms with Gasteiger partial charge in [-0.1, -0.05) is 12.1 Å². The van der Waals surface area contributed by atoms with E-state index in [4.69, 9.17) is 0 Å². The summed E-state index contributed by atoms with van der Waals surface area (Å²) < 4.78 is 28.5. The van der Waals surface area contributed by atoms with Crippen LogP contribution in [0.1, 0.15) is 27.0 Å². The molecule has 144 valence electrons. The number of benzene rings is 2. The van der Waals surface area contributed by atoms with Crippen molar-refractivity contribution in [2.45, 2.75) is 25.7 Å². The summed E-state index contributed by atoms with van der Waals surface area (Å²) in [5.74, 6) is -0.407. The minimum atomic E-state index is -3.85. The Balaban J connectivity index is 1.90. The molecule has 0 saturated heterocycles. The van der Waals surface area contributed by atoms with Crippen molar-refractivity contribution < 1.29 is 13.2 Å². The first-order valence-electron chi connectivity index (χ1n) is 8.68. The molecule has 2 N–H and O–H groups in total. The standard InChI is InChI=1S/C21H21N3O3S/c1-14-9-15(2)11-19(10-14)24-28(26,27)20-12-17(7-6-16(20)3)21(25)23-18-5-4-8-22-13-18/h4-13,24H,1-3H3,(H,23,25). The lowest BCUT2D eigenvalue weighted by atomic mass is 10.1. The molecule has 0 aliphatic rings. The van der Waals surface area contributed by atoms with E-state index in [1.807, 2.05) is 19.9 Å². The summed E-state index contributed by atoms with van der Waals surface area (Å²) in [5, 5.41) is 2.70. The lowest BCUT2D eigenvalue weighted by Gasteiger charge is -2.13. The quantitative estimate of drug-likeness (QED) is 0.682. The Kier molecular flexibility index (Phi) is 5.46. The zero-order valence-corrected chi connectivity index (χ0v) is 16.7. The van der Waals surface area contributed by atoms with E-state index in [-0.39, 0.29) is 10.5 Å². The fourth-order valence-corrected chi connectivity index (χ4v) is 4.23. The average molecular weight is 395 g/mol. The molecule has 1 amide bonds. The van der Waals surface area contributed by atoms with Crippen molar-refractivity contribution in [2.24, 2.45) is 0 Å². The molecule has 0 saturated carbocycles. The number of hydrogen-bond donors (Lipinski definition) is 2. The molecule has 0 aliphatic heterocycles. The van der Waals surface area contributed by atoms with Gasteiger partial charge in [-0.05, 0) is 73.9 Å². The lowest BCUT2D eigenvalue weighted by molar-refractivity contribution is 0.102. The molecular weight excluding hydrogens is 374 g/mol. The highest BCUT2D eigenvalue weighted by atomic mass is 32.2. The van der Waals surface area contributed by atoms with Crippen LogP contribution in [-0.4, -0.2) is 19.3 Å². The van der Waals surface area contributed by atoms with Gasteiger partial charge in [0.1, 0.15) is 0 Å². The molecule has 3 rings (SSSR count). The Bertz CT molecular complexity index is 1110. The Labute approximate surface area is 164 Å². The topological polar surface area (TPSA) is 88.2 Å². The normalized spacial score (nSPS) is 11.1. The van der Waals surface area contributed by atoms with Gasteiger partial charge in [-0.2, -0.15) is 0 Å². The molecule has 3 aromatic rings. The lowest BCUT2D eigenvalue weighted by Crippen LogP contribution is -2.17. The van der Waals surface area contributed by atoms with Crippen LogP contribution in [-0.2, 0) is 10.0 Å². The van der Waals surface area contributed by atoms with Crippen LogP contribution in [0.25, 0.3) is 0 Å². The van der Waals surface area contributed by atoms with Crippen molar-refractivity contribution in [1.29, 1.82) is 0 Å². The molecule has 1 heterocycles. The second kappa shape index (κ2) is 7.82. The summed E-state index contributed by atoms with van der Waals surface area (Å²) in [6, 6.07) is 13.5. The van der Waals surface area contributed by atoms with E-state index >= 15 is 0 Å². The third-order valence-electron chi connectivity index (χ3n) is 4.13. The number of amides is 1. The molecule has 28 heavy (non-hydrogen) atoms. The first-order valence-corrected chi connectivity index (χ1v) is 10.2. The third kappa shape index (κ3) is 4.55. The molecule has 2 aromatic carbocycles. The van der Waals surface area contributed by atoms with E-state index < -0.39 is 15.9 Å². The van der Waals surface area contributed by atoms with Gasteiger partial charge in [0.05, 0.1) is 16.8 Å². The minimum absolute atomic E-state index is 0.0606. The predicted octanol–water partition coefficient (Wildman–Crippen LogP) is 4.06. The molecule has 0 aliphatic carbocycles. The van der Waals surface area contributed by atoms with Gasteiger partial charge in [0.15, 0.2) is 0 Å². The molecule has 0 bridgehead atoms. The smallest absolute Gasteiger partial charge is 0.262 e. The zero-order valence-electron chi connectivity index (χ0n) is 15.9. The number of anilines is 2. The molecule has 0 unspecified atom stereocenters. The Morgan fingerprint density at radius 3 is 2.29 bits per heavy atom. The summed E-state index contributed by atoms with van der Waals surface area (Å²) >= 11 is 0. The SMILES string of the molecule is Cc1cc(C)cc(NS(=O)(=O)c2cc(C(=O)Nc3cccnc3)ccc2C)c1. The number of sulfonamides is 1. The highest BCUT2D eigenvalue weighted by Crippen LogP contribution is 2.23. The van der Waals surface area contributed by atoms with Crippen LogP contribution in [0, 0.1) is 20.8 Å². The van der Waals surface area contributed by atoms with Gasteiger partial charge in [0.2, 0.25) is 0 Å². The monoisotopic (exact) mass is 395 g/mol. The number of aromatic nitrogens is 1. The largest absolute Gasteiger partial charge is 0.321 e. The maximum Gasteiger partial charge on any atom is 0.262 e. The fourth-order valence-electron chi connectivity index (χ4n) is 2.91. The highest BCUT2D eigenvalue weighted by Gasteiger charge is 2.20. The van der Waals surface area contributed by atoms with E-state index in [9.17, 15) is 13.2 Å². The molecular formula is C21H21N3O3S. The minimum Gasteiger partial charge on any atom is -0.321 e. The number of carbonyl (C=O) groups excluding carboxylic acids is 1. The molecule has 7 heteroatoms. The van der Waals surface area contributed by atoms with E-state index in [0.717, 1.165) is 11.1 Å². The molecule has 6 nitrogen and oxygen atoms in total. The maximum absolute atomic E-state index is 12.9. The maximum atomic E-state index is 12.9. The van der Waals surface area contributed by atoms with Crippen LogP contribution in [0.4, 0.5) is 11.4 Å². The summed E-state index contributed by atoms with van der Waals surface area (Å²) in [6.07, 6.45) is 3.12. The molecule has 1 aromatic heterocycles. The predicted molar refractivity (Wildman–Crippen MR) is 110 cm³/mol. The summed E-state index contributed by atoms with van der Waals surface area (Å²) in [6.45, 7) is 5.50. The van der Waals surface area contributed by atoms with Gasteiger partial charge in [0, 0.05) is 17.4 Å². The highest BCUT2D eigenvalue weighted by molar-refractivity contribution is 7.92. The van der Waals surface area contributed by atoms with E-state index in [2.05, 4.69) is 15.0 Å². The number of pyridine rings is 1. The molecule has 0 spiro atoms. The van der Waals surface area contributed by atoms with Crippen molar-refractivity contribution in [3.8, 4) is 0 Å². The van der Waals surface area contributed by atoms with Gasteiger partial charge in [-0.15, -0.1) is 0 Å². The van der Waals surface area contributed by atoms with Crippen molar-refractivity contribution in [3.05, 3.63) is 83.2 Å². The van der Waals surface area contributed by atoms with Crippen LogP contribution in [0.15, 0.2) is 65.8 Å². The van der Waals surface area contributed by atoms with E-state index in [1.54, 1.807) is 49.5 Å². The van der Waals surface area contributed by atoms with E-state index in [0.29, 0.717) is 16.9 Å². The number of carbonyl (C=O) groups is 1. The van der Waals surface area contributed by atoms with Gasteiger partial charge >= 0.3 is 0 Å². The van der Waals surface area contributed by atoms with Crippen LogP contribution in [0.3, 0.4) is 0 Å². The third-order valence-corrected chi connectivity index (χ3v) is 5.66. The van der Waals surface area contributed by atoms with Gasteiger partial charge in [-0.3, -0.25) is 14.5 Å². The number of nitrogens with zero attached hydrogens (tertiary/aromatic N) is 1. The number of aryl methyl sites for hydroxylation is 3. The van der Waals surface area contributed by atoms with Crippen LogP contribution >= 0.6 is 0 Å². The molecule has 0 atom stereocenters. The second-order valence-electron chi connectivity index (χ2n) is 6.66. The second-order valence-corrected chi connectivity index (χ2v) is 8.31. The van der Waals surface area contributed by atoms with Crippen LogP contribution in [0.5, 0.6) is 0 Å². The van der Waals surface area contributed by atoms with E-state index in [1.165, 1.54) is 12.3 Å². The summed E-state index contributed by atoms with van der Waals surface area (Å²) in [5.41, 5.74) is 3.73. The number of nitrogens with one attached hydrogen (secondary N) is 2. The Morgan fingerprint density at radius 2 is 1.64 bits per heavy atom. The number of rotatable bonds is 5. The molecule has 0 radical (unpaired) electrons. The summed E-state index contributed by atoms with van der Waals surface area (Å²) in [7, 11) is -3.85. The van der Waals surface area contributed by atoms with Crippen LogP contribution in [0.2, 0.25) is 0 Å². The first-order chi connectivity index (χ1) is 13.2. The first kappa shape index (κ1) is 19.6. The summed E-state index contributed by atoms with van der Waals surface area (Å²) in [4.78, 5) is 16.5. The number of hydrogen-bond acceptors (Lipinski definition) is 4. The van der Waals surface area contributed by atoms with Crippen LogP contribution < -0.4 is 10.0 Å².